The molecule has 1 saturated heterocycles. The van der Waals surface area contributed by atoms with Crippen LogP contribution in [0.1, 0.15) is 12.8 Å². The van der Waals surface area contributed by atoms with Gasteiger partial charge in [0, 0.05) is 31.5 Å². The molecular weight excluding hydrogens is 326 g/mol. The minimum atomic E-state index is -0.491. The lowest BCUT2D eigenvalue weighted by Crippen LogP contribution is -2.43. The number of ether oxygens (including phenoxy) is 1. The number of fused-ring (bicyclic) bond motifs is 1. The van der Waals surface area contributed by atoms with Crippen molar-refractivity contribution >= 4 is 23.0 Å². The predicted octanol–water partition coefficient (Wildman–Crippen LogP) is 1.99. The van der Waals surface area contributed by atoms with Crippen LogP contribution >= 0.6 is 11.6 Å². The summed E-state index contributed by atoms with van der Waals surface area (Å²) >= 11 is 6.25. The van der Waals surface area contributed by atoms with Crippen molar-refractivity contribution in [2.45, 2.75) is 25.1 Å². The summed E-state index contributed by atoms with van der Waals surface area (Å²) in [4.78, 5) is 8.64. The van der Waals surface area contributed by atoms with Crippen molar-refractivity contribution in [2.24, 2.45) is 11.5 Å². The van der Waals surface area contributed by atoms with Crippen LogP contribution in [0.2, 0.25) is 0 Å². The summed E-state index contributed by atoms with van der Waals surface area (Å²) in [5.41, 5.74) is 15.0. The van der Waals surface area contributed by atoms with Crippen LogP contribution in [0.5, 0.6) is 0 Å². The van der Waals surface area contributed by atoms with E-state index in [9.17, 15) is 0 Å². The van der Waals surface area contributed by atoms with Crippen LogP contribution in [0.25, 0.3) is 0 Å². The molecule has 24 heavy (non-hydrogen) atoms. The minimum absolute atomic E-state index is 0.198. The quantitative estimate of drug-likeness (QED) is 0.853. The van der Waals surface area contributed by atoms with Gasteiger partial charge >= 0.3 is 0 Å². The van der Waals surface area contributed by atoms with E-state index in [0.717, 1.165) is 43.0 Å². The molecule has 4 N–H and O–H groups in total. The van der Waals surface area contributed by atoms with Crippen LogP contribution in [-0.2, 0) is 4.74 Å². The highest BCUT2D eigenvalue weighted by molar-refractivity contribution is 6.32. The molecule has 0 bridgehead atoms. The van der Waals surface area contributed by atoms with Crippen LogP contribution in [0.15, 0.2) is 53.3 Å². The molecule has 2 atom stereocenters. The number of hydrogen-bond acceptors (Lipinski definition) is 6. The Bertz CT molecular complexity index is 744. The monoisotopic (exact) mass is 345 g/mol. The van der Waals surface area contributed by atoms with E-state index in [2.05, 4.69) is 9.88 Å². The molecule has 0 spiro atoms. The molecule has 0 radical (unpaired) electrons. The van der Waals surface area contributed by atoms with Crippen molar-refractivity contribution in [3.05, 3.63) is 53.3 Å². The number of hydrogen-bond donors (Lipinski definition) is 2. The minimum Gasteiger partial charge on any atom is -0.468 e. The Hall–Kier alpha value is -2.02. The first kappa shape index (κ1) is 15.5. The highest BCUT2D eigenvalue weighted by Gasteiger charge is 2.31. The summed E-state index contributed by atoms with van der Waals surface area (Å²) in [6, 6.07) is 2.22. The van der Waals surface area contributed by atoms with Crippen molar-refractivity contribution in [3.8, 4) is 0 Å². The Morgan fingerprint density at radius 1 is 1.29 bits per heavy atom. The average Bonchev–Trinajstić information content (AvgIpc) is 2.98. The van der Waals surface area contributed by atoms with E-state index in [4.69, 9.17) is 27.8 Å². The Labute approximate surface area is 146 Å². The highest BCUT2D eigenvalue weighted by atomic mass is 35.5. The average molecular weight is 346 g/mol. The number of nitrogens with zero attached hydrogens (tertiary/aromatic N) is 3. The van der Waals surface area contributed by atoms with E-state index in [0.29, 0.717) is 10.8 Å². The van der Waals surface area contributed by atoms with Gasteiger partial charge in [-0.25, -0.2) is 0 Å². The predicted molar refractivity (Wildman–Crippen MR) is 95.3 cm³/mol. The third-order valence-electron chi connectivity index (χ3n) is 4.49. The Morgan fingerprint density at radius 3 is 3.00 bits per heavy atom. The SMILES string of the molecule is NC1C=C2C(=C(Cl)C=CN2c2cnccc2N2CCC[C@@H](N)C2)O1. The normalized spacial score (nSPS) is 26.4. The Morgan fingerprint density at radius 2 is 2.17 bits per heavy atom. The van der Waals surface area contributed by atoms with Gasteiger partial charge in [0.2, 0.25) is 0 Å². The highest BCUT2D eigenvalue weighted by Crippen LogP contribution is 2.40. The second-order valence-corrected chi connectivity index (χ2v) is 6.62. The molecule has 0 saturated carbocycles. The van der Waals surface area contributed by atoms with Gasteiger partial charge in [-0.3, -0.25) is 10.7 Å². The first-order valence-corrected chi connectivity index (χ1v) is 8.47. The van der Waals surface area contributed by atoms with Gasteiger partial charge in [0.25, 0.3) is 0 Å². The van der Waals surface area contributed by atoms with Gasteiger partial charge < -0.3 is 20.3 Å². The standard InChI is InChI=1S/C17H20ClN5O/c18-12-4-7-23(14-8-16(20)24-17(12)14)15-9-21-5-3-13(15)22-6-1-2-11(19)10-22/h3-5,7-9,11,16H,1-2,6,10,19-20H2/t11-,16?/m1/s1. The Balaban J connectivity index is 1.73. The van der Waals surface area contributed by atoms with Crippen LogP contribution < -0.4 is 21.3 Å². The van der Waals surface area contributed by atoms with E-state index in [1.54, 1.807) is 0 Å². The zero-order valence-electron chi connectivity index (χ0n) is 13.2. The van der Waals surface area contributed by atoms with Crippen molar-refractivity contribution in [3.63, 3.8) is 0 Å². The van der Waals surface area contributed by atoms with Gasteiger partial charge in [-0.15, -0.1) is 0 Å². The van der Waals surface area contributed by atoms with Gasteiger partial charge in [0.05, 0.1) is 28.3 Å². The fourth-order valence-corrected chi connectivity index (χ4v) is 3.59. The maximum absolute atomic E-state index is 6.25. The van der Waals surface area contributed by atoms with E-state index < -0.39 is 6.23 Å². The first-order valence-electron chi connectivity index (χ1n) is 8.09. The third kappa shape index (κ3) is 2.66. The molecule has 0 aliphatic carbocycles. The fraction of sp³-hybridized carbons (Fsp3) is 0.353. The van der Waals surface area contributed by atoms with Crippen LogP contribution in [0.3, 0.4) is 0 Å². The number of anilines is 2. The molecule has 3 aliphatic heterocycles. The van der Waals surface area contributed by atoms with E-state index >= 15 is 0 Å². The van der Waals surface area contributed by atoms with Crippen LogP contribution in [-0.4, -0.2) is 30.3 Å². The summed E-state index contributed by atoms with van der Waals surface area (Å²) in [5.74, 6) is 0.608. The number of nitrogens with two attached hydrogens (primary N) is 2. The summed E-state index contributed by atoms with van der Waals surface area (Å²) in [7, 11) is 0. The molecule has 0 amide bonds. The number of halogens is 1. The van der Waals surface area contributed by atoms with Gasteiger partial charge in [-0.1, -0.05) is 11.6 Å². The first-order chi connectivity index (χ1) is 11.6. The molecule has 1 fully saturated rings. The molecule has 1 unspecified atom stereocenters. The number of aromatic nitrogens is 1. The molecule has 126 valence electrons. The fourth-order valence-electron chi connectivity index (χ4n) is 3.40. The van der Waals surface area contributed by atoms with Crippen LogP contribution in [0, 0.1) is 0 Å². The molecule has 4 heterocycles. The molecule has 1 aromatic heterocycles. The summed E-state index contributed by atoms with van der Waals surface area (Å²) in [5, 5.41) is 0.552. The molecular formula is C17H20ClN5O. The number of piperidine rings is 1. The summed E-state index contributed by atoms with van der Waals surface area (Å²) < 4.78 is 5.62. The summed E-state index contributed by atoms with van der Waals surface area (Å²) in [6.45, 7) is 1.83. The van der Waals surface area contributed by atoms with E-state index in [-0.39, 0.29) is 6.04 Å². The van der Waals surface area contributed by atoms with E-state index in [1.165, 1.54) is 0 Å². The zero-order valence-corrected chi connectivity index (χ0v) is 14.0. The zero-order chi connectivity index (χ0) is 16.7. The molecule has 0 aromatic carbocycles. The largest absolute Gasteiger partial charge is 0.468 e. The molecule has 3 aliphatic rings. The maximum Gasteiger partial charge on any atom is 0.169 e. The second kappa shape index (κ2) is 6.12. The lowest BCUT2D eigenvalue weighted by atomic mass is 10.1. The topological polar surface area (TPSA) is 80.6 Å². The smallest absolute Gasteiger partial charge is 0.169 e. The van der Waals surface area contributed by atoms with Crippen molar-refractivity contribution in [1.82, 2.24) is 4.98 Å². The number of allylic oxidation sites excluding steroid dienone is 2. The third-order valence-corrected chi connectivity index (χ3v) is 4.79. The lowest BCUT2D eigenvalue weighted by Gasteiger charge is -2.36. The van der Waals surface area contributed by atoms with Crippen molar-refractivity contribution in [1.29, 1.82) is 0 Å². The van der Waals surface area contributed by atoms with Crippen LogP contribution in [0.4, 0.5) is 11.4 Å². The number of rotatable bonds is 2. The lowest BCUT2D eigenvalue weighted by molar-refractivity contribution is 0.185. The van der Waals surface area contributed by atoms with E-state index in [1.807, 2.05) is 41.7 Å². The molecule has 1 aromatic rings. The van der Waals surface area contributed by atoms with Gasteiger partial charge in [-0.05, 0) is 31.1 Å². The number of pyridine rings is 1. The Kier molecular flexibility index (Phi) is 3.96. The second-order valence-electron chi connectivity index (χ2n) is 6.21. The molecule has 6 nitrogen and oxygen atoms in total. The summed E-state index contributed by atoms with van der Waals surface area (Å²) in [6.07, 6.45) is 10.9. The van der Waals surface area contributed by atoms with Gasteiger partial charge in [-0.2, -0.15) is 0 Å². The maximum atomic E-state index is 6.25. The van der Waals surface area contributed by atoms with Gasteiger partial charge in [0.15, 0.2) is 12.0 Å². The molecule has 4 rings (SSSR count). The van der Waals surface area contributed by atoms with Gasteiger partial charge in [0.1, 0.15) is 0 Å². The van der Waals surface area contributed by atoms with Crippen molar-refractivity contribution in [2.75, 3.05) is 22.9 Å². The van der Waals surface area contributed by atoms with Crippen molar-refractivity contribution < 1.29 is 4.74 Å². The molecule has 7 heteroatoms.